The lowest BCUT2D eigenvalue weighted by Gasteiger charge is -2.26. The van der Waals surface area contributed by atoms with Crippen LogP contribution in [0.25, 0.3) is 0 Å². The standard InChI is InChI=1S/C15H25N3O2S/c1-15(2,3)20-14(19)18-6-5-11(9-18)13(16-4)7-12-8-17-10-21-12/h8,10-11,13,16H,5-7,9H2,1-4H3. The van der Waals surface area contributed by atoms with E-state index >= 15 is 0 Å². The van der Waals surface area contributed by atoms with Crippen molar-refractivity contribution >= 4 is 17.4 Å². The Labute approximate surface area is 130 Å². The van der Waals surface area contributed by atoms with Crippen molar-refractivity contribution in [3.05, 3.63) is 16.6 Å². The molecule has 2 rings (SSSR count). The van der Waals surface area contributed by atoms with Gasteiger partial charge in [0, 0.05) is 30.2 Å². The molecule has 0 aromatic carbocycles. The molecule has 2 heterocycles. The molecule has 21 heavy (non-hydrogen) atoms. The van der Waals surface area contributed by atoms with E-state index in [1.165, 1.54) is 4.88 Å². The second-order valence-electron chi connectivity index (χ2n) is 6.54. The summed E-state index contributed by atoms with van der Waals surface area (Å²) >= 11 is 1.68. The Morgan fingerprint density at radius 3 is 2.95 bits per heavy atom. The first-order valence-electron chi connectivity index (χ1n) is 7.41. The number of amides is 1. The van der Waals surface area contributed by atoms with Gasteiger partial charge in [0.25, 0.3) is 0 Å². The average Bonchev–Trinajstić information content (AvgIpc) is 3.05. The van der Waals surface area contributed by atoms with Gasteiger partial charge in [0.05, 0.1) is 5.51 Å². The number of aromatic nitrogens is 1. The number of hydrogen-bond acceptors (Lipinski definition) is 5. The molecule has 1 aliphatic heterocycles. The molecule has 1 N–H and O–H groups in total. The highest BCUT2D eigenvalue weighted by atomic mass is 32.1. The molecule has 2 atom stereocenters. The number of likely N-dealkylation sites (tertiary alicyclic amines) is 1. The topological polar surface area (TPSA) is 54.5 Å². The minimum atomic E-state index is -0.430. The van der Waals surface area contributed by atoms with Gasteiger partial charge < -0.3 is 15.0 Å². The molecular weight excluding hydrogens is 286 g/mol. The average molecular weight is 311 g/mol. The number of likely N-dealkylation sites (N-methyl/N-ethyl adjacent to an activating group) is 1. The number of carbonyl (C=O) groups is 1. The summed E-state index contributed by atoms with van der Waals surface area (Å²) in [6, 6.07) is 0.373. The van der Waals surface area contributed by atoms with Crippen LogP contribution in [0.5, 0.6) is 0 Å². The predicted octanol–water partition coefficient (Wildman–Crippen LogP) is 2.53. The van der Waals surface area contributed by atoms with Gasteiger partial charge >= 0.3 is 6.09 Å². The molecule has 1 aromatic heterocycles. The van der Waals surface area contributed by atoms with Gasteiger partial charge in [-0.1, -0.05) is 0 Å². The maximum Gasteiger partial charge on any atom is 0.410 e. The molecule has 118 valence electrons. The van der Waals surface area contributed by atoms with E-state index in [9.17, 15) is 4.79 Å². The molecule has 5 nitrogen and oxygen atoms in total. The molecular formula is C15H25N3O2S. The second kappa shape index (κ2) is 6.75. The van der Waals surface area contributed by atoms with Crippen LogP contribution in [0.3, 0.4) is 0 Å². The fourth-order valence-corrected chi connectivity index (χ4v) is 3.33. The number of rotatable bonds is 4. The van der Waals surface area contributed by atoms with Crippen molar-refractivity contribution in [2.45, 2.75) is 45.3 Å². The number of nitrogens with one attached hydrogen (secondary N) is 1. The predicted molar refractivity (Wildman–Crippen MR) is 84.6 cm³/mol. The minimum Gasteiger partial charge on any atom is -0.444 e. The first-order valence-corrected chi connectivity index (χ1v) is 8.29. The lowest BCUT2D eigenvalue weighted by atomic mass is 9.96. The fourth-order valence-electron chi connectivity index (χ4n) is 2.67. The molecule has 0 radical (unpaired) electrons. The number of thiazole rings is 1. The van der Waals surface area contributed by atoms with E-state index in [1.54, 1.807) is 11.3 Å². The third kappa shape index (κ3) is 4.68. The maximum atomic E-state index is 12.1. The molecule has 0 spiro atoms. The summed E-state index contributed by atoms with van der Waals surface area (Å²) in [5.41, 5.74) is 1.43. The Morgan fingerprint density at radius 2 is 2.38 bits per heavy atom. The highest BCUT2D eigenvalue weighted by molar-refractivity contribution is 7.09. The molecule has 1 amide bonds. The summed E-state index contributed by atoms with van der Waals surface area (Å²) < 4.78 is 5.45. The zero-order valence-electron chi connectivity index (χ0n) is 13.3. The molecule has 0 saturated carbocycles. The summed E-state index contributed by atoms with van der Waals surface area (Å²) in [6.07, 6.45) is 3.71. The van der Waals surface area contributed by atoms with Crippen LogP contribution in [0.4, 0.5) is 4.79 Å². The first-order chi connectivity index (χ1) is 9.89. The molecule has 1 fully saturated rings. The summed E-state index contributed by atoms with van der Waals surface area (Å²) in [5, 5.41) is 3.39. The third-order valence-corrected chi connectivity index (χ3v) is 4.52. The number of hydrogen-bond donors (Lipinski definition) is 1. The normalized spacial score (nSPS) is 20.6. The van der Waals surface area contributed by atoms with Crippen LogP contribution < -0.4 is 5.32 Å². The van der Waals surface area contributed by atoms with Crippen molar-refractivity contribution in [2.75, 3.05) is 20.1 Å². The van der Waals surface area contributed by atoms with Gasteiger partial charge in [0.2, 0.25) is 0 Å². The van der Waals surface area contributed by atoms with Crippen LogP contribution in [0.1, 0.15) is 32.1 Å². The van der Waals surface area contributed by atoms with Crippen LogP contribution >= 0.6 is 11.3 Å². The molecule has 1 aliphatic rings. The number of carbonyl (C=O) groups excluding carboxylic acids is 1. The third-order valence-electron chi connectivity index (χ3n) is 3.72. The van der Waals surface area contributed by atoms with E-state index in [0.717, 1.165) is 25.9 Å². The fraction of sp³-hybridized carbons (Fsp3) is 0.733. The second-order valence-corrected chi connectivity index (χ2v) is 7.51. The van der Waals surface area contributed by atoms with Crippen LogP contribution in [0.2, 0.25) is 0 Å². The monoisotopic (exact) mass is 311 g/mol. The molecule has 0 bridgehead atoms. The number of nitrogens with zero attached hydrogens (tertiary/aromatic N) is 2. The summed E-state index contributed by atoms with van der Waals surface area (Å²) in [6.45, 7) is 7.25. The van der Waals surface area contributed by atoms with E-state index in [-0.39, 0.29) is 6.09 Å². The highest BCUT2D eigenvalue weighted by Crippen LogP contribution is 2.24. The Kier molecular flexibility index (Phi) is 5.22. The van der Waals surface area contributed by atoms with E-state index in [0.29, 0.717) is 12.0 Å². The zero-order chi connectivity index (χ0) is 15.5. The highest BCUT2D eigenvalue weighted by Gasteiger charge is 2.33. The Hall–Kier alpha value is -1.14. The van der Waals surface area contributed by atoms with Crippen LogP contribution in [0.15, 0.2) is 11.7 Å². The largest absolute Gasteiger partial charge is 0.444 e. The summed E-state index contributed by atoms with van der Waals surface area (Å²) in [4.78, 5) is 19.3. The van der Waals surface area contributed by atoms with Gasteiger partial charge in [-0.05, 0) is 46.6 Å². The first kappa shape index (κ1) is 16.2. The lowest BCUT2D eigenvalue weighted by Crippen LogP contribution is -2.39. The van der Waals surface area contributed by atoms with Crippen molar-refractivity contribution in [2.24, 2.45) is 5.92 Å². The van der Waals surface area contributed by atoms with Gasteiger partial charge in [-0.15, -0.1) is 11.3 Å². The van der Waals surface area contributed by atoms with Gasteiger partial charge in [-0.25, -0.2) is 4.79 Å². The van der Waals surface area contributed by atoms with E-state index < -0.39 is 5.60 Å². The lowest BCUT2D eigenvalue weighted by molar-refractivity contribution is 0.0285. The Morgan fingerprint density at radius 1 is 1.62 bits per heavy atom. The van der Waals surface area contributed by atoms with Gasteiger partial charge in [-0.3, -0.25) is 4.98 Å². The zero-order valence-corrected chi connectivity index (χ0v) is 14.1. The van der Waals surface area contributed by atoms with Crippen LogP contribution in [0, 0.1) is 5.92 Å². The molecule has 1 saturated heterocycles. The van der Waals surface area contributed by atoms with Crippen molar-refractivity contribution in [3.63, 3.8) is 0 Å². The molecule has 0 aliphatic carbocycles. The summed E-state index contributed by atoms with van der Waals surface area (Å²) in [5.74, 6) is 0.463. The van der Waals surface area contributed by atoms with Gasteiger partial charge in [0.1, 0.15) is 5.60 Å². The van der Waals surface area contributed by atoms with Crippen LogP contribution in [-0.2, 0) is 11.2 Å². The van der Waals surface area contributed by atoms with E-state index in [1.807, 2.05) is 44.4 Å². The minimum absolute atomic E-state index is 0.197. The molecule has 1 aromatic rings. The van der Waals surface area contributed by atoms with Gasteiger partial charge in [0.15, 0.2) is 0 Å². The molecule has 2 unspecified atom stereocenters. The van der Waals surface area contributed by atoms with E-state index in [4.69, 9.17) is 4.74 Å². The van der Waals surface area contributed by atoms with Crippen molar-refractivity contribution in [1.82, 2.24) is 15.2 Å². The SMILES string of the molecule is CNC(Cc1cncs1)C1CCN(C(=O)OC(C)(C)C)C1. The number of ether oxygens (including phenoxy) is 1. The Bertz CT molecular complexity index is 456. The smallest absolute Gasteiger partial charge is 0.410 e. The van der Waals surface area contributed by atoms with Crippen molar-refractivity contribution in [1.29, 1.82) is 0 Å². The Balaban J connectivity index is 1.89. The van der Waals surface area contributed by atoms with Crippen LogP contribution in [-0.4, -0.2) is 47.8 Å². The summed E-state index contributed by atoms with van der Waals surface area (Å²) in [7, 11) is 1.99. The van der Waals surface area contributed by atoms with Gasteiger partial charge in [-0.2, -0.15) is 0 Å². The van der Waals surface area contributed by atoms with Crippen molar-refractivity contribution in [3.8, 4) is 0 Å². The van der Waals surface area contributed by atoms with Crippen molar-refractivity contribution < 1.29 is 9.53 Å². The maximum absolute atomic E-state index is 12.1. The van der Waals surface area contributed by atoms with E-state index in [2.05, 4.69) is 10.3 Å². The quantitative estimate of drug-likeness (QED) is 0.928. The molecule has 6 heteroatoms.